The minimum atomic E-state index is -1.14. The molecule has 196 valence electrons. The van der Waals surface area contributed by atoms with Gasteiger partial charge in [-0.1, -0.05) is 91.0 Å². The van der Waals surface area contributed by atoms with Gasteiger partial charge in [-0.05, 0) is 34.4 Å². The van der Waals surface area contributed by atoms with Gasteiger partial charge in [0.05, 0.1) is 23.1 Å². The molecular formula is C32H28N2O5. The number of carboxylic acids is 1. The Kier molecular flexibility index (Phi) is 7.41. The van der Waals surface area contributed by atoms with Gasteiger partial charge in [-0.3, -0.25) is 4.79 Å². The lowest BCUT2D eigenvalue weighted by Gasteiger charge is -2.35. The Hall–Kier alpha value is -4.91. The van der Waals surface area contributed by atoms with E-state index in [9.17, 15) is 19.5 Å². The molecule has 0 saturated carbocycles. The molecular weight excluding hydrogens is 492 g/mol. The van der Waals surface area contributed by atoms with Crippen molar-refractivity contribution in [2.45, 2.75) is 25.1 Å². The number of hydrogen-bond donors (Lipinski definition) is 2. The zero-order chi connectivity index (χ0) is 27.4. The van der Waals surface area contributed by atoms with Crippen molar-refractivity contribution in [3.8, 4) is 0 Å². The molecule has 0 aromatic heterocycles. The molecule has 0 saturated heterocycles. The van der Waals surface area contributed by atoms with Crippen LogP contribution in [-0.4, -0.2) is 34.9 Å². The number of carbonyl (C=O) groups is 3. The molecule has 0 aliphatic carbocycles. The van der Waals surface area contributed by atoms with Crippen molar-refractivity contribution in [2.75, 3.05) is 12.4 Å². The van der Waals surface area contributed by atoms with Gasteiger partial charge in [-0.25, -0.2) is 9.59 Å². The highest BCUT2D eigenvalue weighted by atomic mass is 16.6. The third kappa shape index (κ3) is 5.52. The maximum absolute atomic E-state index is 13.9. The summed E-state index contributed by atoms with van der Waals surface area (Å²) in [6, 6.07) is 31.1. The number of anilines is 1. The first kappa shape index (κ1) is 25.7. The van der Waals surface area contributed by atoms with Gasteiger partial charge in [-0.15, -0.1) is 0 Å². The van der Waals surface area contributed by atoms with E-state index in [4.69, 9.17) is 4.74 Å². The van der Waals surface area contributed by atoms with E-state index in [1.54, 1.807) is 19.2 Å². The fourth-order valence-electron chi connectivity index (χ4n) is 4.95. The summed E-state index contributed by atoms with van der Waals surface area (Å²) < 4.78 is 5.41. The summed E-state index contributed by atoms with van der Waals surface area (Å²) in [7, 11) is 1.67. The summed E-state index contributed by atoms with van der Waals surface area (Å²) in [4.78, 5) is 39.8. The van der Waals surface area contributed by atoms with Gasteiger partial charge in [0.25, 0.3) is 0 Å². The zero-order valence-electron chi connectivity index (χ0n) is 21.4. The second kappa shape index (κ2) is 11.2. The molecule has 2 unspecified atom stereocenters. The van der Waals surface area contributed by atoms with E-state index < -0.39 is 18.0 Å². The van der Waals surface area contributed by atoms with Gasteiger partial charge in [0.2, 0.25) is 0 Å². The number of ketones is 1. The SMILES string of the molecule is CN(Cc1ccc(C2C(=O)c3c(cccc3C(=O)O)NC2c2ccccc2)cc1)C(=O)OCc1ccccc1. The minimum absolute atomic E-state index is 0.0197. The summed E-state index contributed by atoms with van der Waals surface area (Å²) in [6.45, 7) is 0.527. The van der Waals surface area contributed by atoms with Crippen molar-refractivity contribution in [3.05, 3.63) is 137 Å². The summed E-state index contributed by atoms with van der Waals surface area (Å²) in [6.07, 6.45) is -0.434. The van der Waals surface area contributed by atoms with E-state index in [1.165, 1.54) is 11.0 Å². The number of fused-ring (bicyclic) bond motifs is 1. The number of rotatable bonds is 7. The maximum atomic E-state index is 13.9. The molecule has 7 heteroatoms. The highest BCUT2D eigenvalue weighted by molar-refractivity contribution is 6.14. The fourth-order valence-corrected chi connectivity index (χ4v) is 4.95. The number of carbonyl (C=O) groups excluding carboxylic acids is 2. The molecule has 39 heavy (non-hydrogen) atoms. The number of carboxylic acid groups (broad SMARTS) is 1. The van der Waals surface area contributed by atoms with E-state index in [-0.39, 0.29) is 29.6 Å². The number of ether oxygens (including phenoxy) is 1. The molecule has 1 heterocycles. The maximum Gasteiger partial charge on any atom is 0.410 e. The summed E-state index contributed by atoms with van der Waals surface area (Å²) >= 11 is 0. The van der Waals surface area contributed by atoms with Gasteiger partial charge in [0, 0.05) is 19.3 Å². The van der Waals surface area contributed by atoms with Crippen LogP contribution < -0.4 is 5.32 Å². The Labute approximate surface area is 226 Å². The number of aromatic carboxylic acids is 1. The van der Waals surface area contributed by atoms with Gasteiger partial charge in [-0.2, -0.15) is 0 Å². The molecule has 0 spiro atoms. The lowest BCUT2D eigenvalue weighted by atomic mass is 9.77. The standard InChI is InChI=1S/C32H28N2O5/c1-34(32(38)39-20-22-9-4-2-5-10-22)19-21-15-17-23(18-16-21)27-29(24-11-6-3-7-12-24)33-26-14-8-13-25(31(36)37)28(26)30(27)35/h2-18,27,29,33H,19-20H2,1H3,(H,36,37). The second-order valence-electron chi connectivity index (χ2n) is 9.55. The molecule has 4 aromatic rings. The average Bonchev–Trinajstić information content (AvgIpc) is 2.97. The number of hydrogen-bond acceptors (Lipinski definition) is 5. The van der Waals surface area contributed by atoms with Crippen molar-refractivity contribution in [1.29, 1.82) is 0 Å². The van der Waals surface area contributed by atoms with Gasteiger partial charge < -0.3 is 20.1 Å². The molecule has 7 nitrogen and oxygen atoms in total. The van der Waals surface area contributed by atoms with Gasteiger partial charge >= 0.3 is 12.1 Å². The summed E-state index contributed by atoms with van der Waals surface area (Å²) in [5.41, 5.74) is 4.14. The highest BCUT2D eigenvalue weighted by Crippen LogP contribution is 2.43. The molecule has 1 aliphatic rings. The molecule has 0 radical (unpaired) electrons. The Morgan fingerprint density at radius 2 is 1.49 bits per heavy atom. The monoisotopic (exact) mass is 520 g/mol. The normalized spacial score (nSPS) is 16.1. The van der Waals surface area contributed by atoms with E-state index in [0.29, 0.717) is 12.2 Å². The van der Waals surface area contributed by atoms with Crippen molar-refractivity contribution in [1.82, 2.24) is 4.90 Å². The van der Waals surface area contributed by atoms with Crippen molar-refractivity contribution < 1.29 is 24.2 Å². The van der Waals surface area contributed by atoms with Crippen LogP contribution in [-0.2, 0) is 17.9 Å². The topological polar surface area (TPSA) is 95.9 Å². The van der Waals surface area contributed by atoms with Crippen LogP contribution in [0, 0.1) is 0 Å². The lowest BCUT2D eigenvalue weighted by molar-refractivity contribution is 0.0690. The number of nitrogens with one attached hydrogen (secondary N) is 1. The molecule has 1 aliphatic heterocycles. The summed E-state index contributed by atoms with van der Waals surface area (Å²) in [5.74, 6) is -2.02. The smallest absolute Gasteiger partial charge is 0.410 e. The van der Waals surface area contributed by atoms with E-state index in [0.717, 1.165) is 22.3 Å². The van der Waals surface area contributed by atoms with E-state index in [2.05, 4.69) is 5.32 Å². The van der Waals surface area contributed by atoms with Crippen LogP contribution in [0.15, 0.2) is 103 Å². The Bertz CT molecular complexity index is 1490. The number of benzene rings is 4. The Morgan fingerprint density at radius 1 is 0.821 bits per heavy atom. The van der Waals surface area contributed by atoms with Crippen molar-refractivity contribution in [3.63, 3.8) is 0 Å². The van der Waals surface area contributed by atoms with E-state index >= 15 is 0 Å². The number of amides is 1. The first-order valence-electron chi connectivity index (χ1n) is 12.6. The van der Waals surface area contributed by atoms with Crippen LogP contribution in [0.25, 0.3) is 0 Å². The molecule has 1 amide bonds. The first-order chi connectivity index (χ1) is 18.9. The molecule has 2 atom stereocenters. The first-order valence-corrected chi connectivity index (χ1v) is 12.6. The van der Waals surface area contributed by atoms with E-state index in [1.807, 2.05) is 84.9 Å². The third-order valence-corrected chi connectivity index (χ3v) is 6.90. The molecule has 5 rings (SSSR count). The summed E-state index contributed by atoms with van der Waals surface area (Å²) in [5, 5.41) is 13.2. The fraction of sp³-hybridized carbons (Fsp3) is 0.156. The van der Waals surface area contributed by atoms with Gasteiger partial charge in [0.15, 0.2) is 5.78 Å². The van der Waals surface area contributed by atoms with Crippen LogP contribution in [0.4, 0.5) is 10.5 Å². The van der Waals surface area contributed by atoms with Crippen molar-refractivity contribution in [2.24, 2.45) is 0 Å². The molecule has 0 fully saturated rings. The second-order valence-corrected chi connectivity index (χ2v) is 9.55. The molecule has 0 bridgehead atoms. The lowest BCUT2D eigenvalue weighted by Crippen LogP contribution is -2.33. The zero-order valence-corrected chi connectivity index (χ0v) is 21.4. The number of Topliss-reactive ketones (excluding diaryl/α,β-unsaturated/α-hetero) is 1. The predicted molar refractivity (Wildman–Crippen MR) is 148 cm³/mol. The quantitative estimate of drug-likeness (QED) is 0.297. The number of nitrogens with zero attached hydrogens (tertiary/aromatic N) is 1. The Morgan fingerprint density at radius 3 is 2.15 bits per heavy atom. The molecule has 4 aromatic carbocycles. The van der Waals surface area contributed by atoms with Crippen molar-refractivity contribution >= 4 is 23.5 Å². The predicted octanol–water partition coefficient (Wildman–Crippen LogP) is 6.29. The van der Waals surface area contributed by atoms with Crippen LogP contribution in [0.5, 0.6) is 0 Å². The van der Waals surface area contributed by atoms with Crippen LogP contribution in [0.1, 0.15) is 54.9 Å². The average molecular weight is 521 g/mol. The minimum Gasteiger partial charge on any atom is -0.478 e. The van der Waals surface area contributed by atoms with Crippen LogP contribution in [0.3, 0.4) is 0 Å². The van der Waals surface area contributed by atoms with Crippen LogP contribution >= 0.6 is 0 Å². The highest BCUT2D eigenvalue weighted by Gasteiger charge is 2.39. The largest absolute Gasteiger partial charge is 0.478 e. The van der Waals surface area contributed by atoms with Gasteiger partial charge in [0.1, 0.15) is 6.61 Å². The Balaban J connectivity index is 1.38. The molecule has 2 N–H and O–H groups in total. The van der Waals surface area contributed by atoms with Crippen LogP contribution in [0.2, 0.25) is 0 Å². The third-order valence-electron chi connectivity index (χ3n) is 6.90.